The van der Waals surface area contributed by atoms with Gasteiger partial charge in [0.1, 0.15) is 19.1 Å². The Hall–Kier alpha value is -3.53. The molecule has 0 unspecified atom stereocenters. The molecule has 4 rings (SSSR count). The quantitative estimate of drug-likeness (QED) is 0.456. The standard InChI is InChI=1S/C24H24F2N2O6/c25-24(26)19(21(24)22(30)31)11-28-20(29)13-33-10-9-27-23(32)34-12-18-16-7-3-1-5-14(16)15-6-2-4-8-17(15)18/h1-8,18-19,21H,9-13H2,(H,27,32)(H,28,29)(H,30,31)/t19-,21-/m0/s1. The van der Waals surface area contributed by atoms with Crippen molar-refractivity contribution in [2.24, 2.45) is 11.8 Å². The van der Waals surface area contributed by atoms with Gasteiger partial charge in [-0.1, -0.05) is 48.5 Å². The molecule has 0 saturated heterocycles. The van der Waals surface area contributed by atoms with Crippen LogP contribution in [0, 0.1) is 11.8 Å². The van der Waals surface area contributed by atoms with E-state index in [9.17, 15) is 23.2 Å². The Morgan fingerprint density at radius 2 is 1.59 bits per heavy atom. The predicted molar refractivity (Wildman–Crippen MR) is 116 cm³/mol. The zero-order valence-corrected chi connectivity index (χ0v) is 18.1. The molecular weight excluding hydrogens is 450 g/mol. The molecular formula is C24H24F2N2O6. The number of halogens is 2. The van der Waals surface area contributed by atoms with Crippen molar-refractivity contribution in [2.75, 3.05) is 32.9 Å². The molecule has 8 nitrogen and oxygen atoms in total. The lowest BCUT2D eigenvalue weighted by Gasteiger charge is -2.14. The molecule has 10 heteroatoms. The minimum absolute atomic E-state index is 0.00888. The minimum atomic E-state index is -3.31. The van der Waals surface area contributed by atoms with Crippen molar-refractivity contribution in [1.82, 2.24) is 10.6 Å². The molecule has 2 amide bonds. The molecule has 34 heavy (non-hydrogen) atoms. The lowest BCUT2D eigenvalue weighted by Crippen LogP contribution is -2.33. The summed E-state index contributed by atoms with van der Waals surface area (Å²) in [5, 5.41) is 13.5. The van der Waals surface area contributed by atoms with Gasteiger partial charge in [-0.15, -0.1) is 0 Å². The molecule has 180 valence electrons. The molecule has 1 fully saturated rings. The SMILES string of the molecule is O=C(COCCNC(=O)OCC1c2ccccc2-c2ccccc21)NC[C@H]1[C@@H](C(=O)O)C1(F)F. The summed E-state index contributed by atoms with van der Waals surface area (Å²) in [4.78, 5) is 34.4. The summed E-state index contributed by atoms with van der Waals surface area (Å²) in [5.74, 6) is -8.78. The molecule has 0 aromatic heterocycles. The maximum absolute atomic E-state index is 13.3. The summed E-state index contributed by atoms with van der Waals surface area (Å²) in [6, 6.07) is 16.0. The van der Waals surface area contributed by atoms with Crippen molar-refractivity contribution in [3.63, 3.8) is 0 Å². The van der Waals surface area contributed by atoms with Crippen molar-refractivity contribution < 1.29 is 37.7 Å². The Balaban J connectivity index is 1.12. The zero-order chi connectivity index (χ0) is 24.3. The van der Waals surface area contributed by atoms with Crippen LogP contribution in [0.2, 0.25) is 0 Å². The Morgan fingerprint density at radius 3 is 2.18 bits per heavy atom. The number of alkyl carbamates (subject to hydrolysis) is 1. The van der Waals surface area contributed by atoms with E-state index in [0.29, 0.717) is 0 Å². The van der Waals surface area contributed by atoms with Gasteiger partial charge in [-0.25, -0.2) is 13.6 Å². The largest absolute Gasteiger partial charge is 0.481 e. The second-order valence-electron chi connectivity index (χ2n) is 8.21. The molecule has 0 bridgehead atoms. The van der Waals surface area contributed by atoms with Crippen LogP contribution in [0.4, 0.5) is 13.6 Å². The van der Waals surface area contributed by atoms with Crippen molar-refractivity contribution in [3.05, 3.63) is 59.7 Å². The smallest absolute Gasteiger partial charge is 0.407 e. The number of carbonyl (C=O) groups is 3. The van der Waals surface area contributed by atoms with Crippen molar-refractivity contribution in [3.8, 4) is 11.1 Å². The van der Waals surface area contributed by atoms with Crippen LogP contribution in [-0.2, 0) is 19.1 Å². The average Bonchev–Trinajstić information content (AvgIpc) is 3.23. The first-order chi connectivity index (χ1) is 16.3. The van der Waals surface area contributed by atoms with E-state index in [1.807, 2.05) is 48.5 Å². The van der Waals surface area contributed by atoms with Gasteiger partial charge in [0.05, 0.1) is 12.5 Å². The van der Waals surface area contributed by atoms with Crippen LogP contribution in [0.1, 0.15) is 17.0 Å². The summed E-state index contributed by atoms with van der Waals surface area (Å²) in [5.41, 5.74) is 4.46. The van der Waals surface area contributed by atoms with Crippen molar-refractivity contribution >= 4 is 18.0 Å². The Labute approximate surface area is 194 Å². The summed E-state index contributed by atoms with van der Waals surface area (Å²) in [7, 11) is 0. The van der Waals surface area contributed by atoms with E-state index in [0.717, 1.165) is 22.3 Å². The number of benzene rings is 2. The second kappa shape index (κ2) is 9.76. The Kier molecular flexibility index (Phi) is 6.78. The molecule has 3 N–H and O–H groups in total. The highest BCUT2D eigenvalue weighted by Crippen LogP contribution is 2.54. The molecule has 2 aliphatic carbocycles. The molecule has 2 atom stereocenters. The van der Waals surface area contributed by atoms with Crippen molar-refractivity contribution in [2.45, 2.75) is 11.8 Å². The number of ether oxygens (including phenoxy) is 2. The molecule has 2 aliphatic rings. The van der Waals surface area contributed by atoms with Crippen LogP contribution in [0.3, 0.4) is 0 Å². The molecule has 2 aromatic rings. The molecule has 2 aromatic carbocycles. The Morgan fingerprint density at radius 1 is 0.971 bits per heavy atom. The number of carboxylic acids is 1. The van der Waals surface area contributed by atoms with Gasteiger partial charge in [-0.3, -0.25) is 9.59 Å². The fourth-order valence-corrected chi connectivity index (χ4v) is 4.30. The summed E-state index contributed by atoms with van der Waals surface area (Å²) in [6.07, 6.45) is -0.620. The number of alkyl halides is 2. The molecule has 1 saturated carbocycles. The highest BCUT2D eigenvalue weighted by Gasteiger charge is 2.72. The minimum Gasteiger partial charge on any atom is -0.481 e. The van der Waals surface area contributed by atoms with Gasteiger partial charge in [-0.2, -0.15) is 0 Å². The van der Waals surface area contributed by atoms with Gasteiger partial charge in [0.2, 0.25) is 5.91 Å². The molecule has 0 radical (unpaired) electrons. The van der Waals surface area contributed by atoms with Gasteiger partial charge < -0.3 is 25.2 Å². The number of hydrogen-bond acceptors (Lipinski definition) is 5. The third kappa shape index (κ3) is 4.86. The van der Waals surface area contributed by atoms with Crippen LogP contribution < -0.4 is 10.6 Å². The zero-order valence-electron chi connectivity index (χ0n) is 18.1. The number of carbonyl (C=O) groups excluding carboxylic acids is 2. The van der Waals surface area contributed by atoms with Crippen LogP contribution in [0.5, 0.6) is 0 Å². The Bertz CT molecular complexity index is 1050. The third-order valence-corrected chi connectivity index (χ3v) is 6.08. The lowest BCUT2D eigenvalue weighted by atomic mass is 9.98. The van der Waals surface area contributed by atoms with E-state index in [4.69, 9.17) is 14.6 Å². The van der Waals surface area contributed by atoms with Gasteiger partial charge in [0.15, 0.2) is 0 Å². The number of nitrogens with one attached hydrogen (secondary N) is 2. The first-order valence-electron chi connectivity index (χ1n) is 10.8. The van der Waals surface area contributed by atoms with E-state index in [-0.39, 0.29) is 25.7 Å². The van der Waals surface area contributed by atoms with E-state index < -0.39 is 48.9 Å². The van der Waals surface area contributed by atoms with Gasteiger partial charge in [0, 0.05) is 19.0 Å². The number of hydrogen-bond donors (Lipinski definition) is 3. The molecule has 0 spiro atoms. The first-order valence-corrected chi connectivity index (χ1v) is 10.8. The van der Waals surface area contributed by atoms with Crippen LogP contribution in [0.25, 0.3) is 11.1 Å². The number of fused-ring (bicyclic) bond motifs is 3. The van der Waals surface area contributed by atoms with Gasteiger partial charge in [-0.05, 0) is 22.3 Å². The summed E-state index contributed by atoms with van der Waals surface area (Å²) >= 11 is 0. The maximum atomic E-state index is 13.3. The number of amides is 2. The average molecular weight is 474 g/mol. The highest BCUT2D eigenvalue weighted by molar-refractivity contribution is 5.79. The van der Waals surface area contributed by atoms with Crippen LogP contribution in [0.15, 0.2) is 48.5 Å². The topological polar surface area (TPSA) is 114 Å². The van der Waals surface area contributed by atoms with E-state index in [1.165, 1.54) is 0 Å². The number of rotatable bonds is 10. The van der Waals surface area contributed by atoms with E-state index in [1.54, 1.807) is 0 Å². The first kappa shape index (κ1) is 23.6. The fraction of sp³-hybridized carbons (Fsp3) is 0.375. The lowest BCUT2D eigenvalue weighted by molar-refractivity contribution is -0.141. The van der Waals surface area contributed by atoms with Gasteiger partial charge >= 0.3 is 12.1 Å². The number of carboxylic acid groups (broad SMARTS) is 1. The maximum Gasteiger partial charge on any atom is 0.407 e. The monoisotopic (exact) mass is 474 g/mol. The third-order valence-electron chi connectivity index (χ3n) is 6.08. The summed E-state index contributed by atoms with van der Waals surface area (Å²) < 4.78 is 37.1. The summed E-state index contributed by atoms with van der Waals surface area (Å²) in [6.45, 7) is -0.570. The predicted octanol–water partition coefficient (Wildman–Crippen LogP) is 2.62. The van der Waals surface area contributed by atoms with E-state index >= 15 is 0 Å². The van der Waals surface area contributed by atoms with Crippen LogP contribution in [-0.4, -0.2) is 61.9 Å². The van der Waals surface area contributed by atoms with Crippen molar-refractivity contribution in [1.29, 1.82) is 0 Å². The highest BCUT2D eigenvalue weighted by atomic mass is 19.3. The molecule has 0 heterocycles. The second-order valence-corrected chi connectivity index (χ2v) is 8.21. The van der Waals surface area contributed by atoms with Crippen LogP contribution >= 0.6 is 0 Å². The normalized spacial score (nSPS) is 19.6. The fourth-order valence-electron chi connectivity index (χ4n) is 4.30. The van der Waals surface area contributed by atoms with Gasteiger partial charge in [0.25, 0.3) is 5.92 Å². The number of aliphatic carboxylic acids is 1. The molecule has 0 aliphatic heterocycles. The van der Waals surface area contributed by atoms with E-state index in [2.05, 4.69) is 10.6 Å².